The zero-order valence-corrected chi connectivity index (χ0v) is 21.3. The molecule has 0 saturated carbocycles. The maximum atomic E-state index is 13.6. The molecule has 0 bridgehead atoms. The van der Waals surface area contributed by atoms with E-state index in [0.29, 0.717) is 37.5 Å². The lowest BCUT2D eigenvalue weighted by Gasteiger charge is -2.26. The van der Waals surface area contributed by atoms with Crippen molar-refractivity contribution in [3.63, 3.8) is 0 Å². The number of morpholine rings is 1. The highest BCUT2D eigenvalue weighted by atomic mass is 79.9. The minimum absolute atomic E-state index is 0.0577. The van der Waals surface area contributed by atoms with E-state index in [1.807, 2.05) is 0 Å². The van der Waals surface area contributed by atoms with Crippen molar-refractivity contribution in [2.45, 2.75) is 22.8 Å². The van der Waals surface area contributed by atoms with E-state index in [0.717, 1.165) is 24.1 Å². The molecule has 0 aliphatic carbocycles. The summed E-state index contributed by atoms with van der Waals surface area (Å²) in [5, 5.41) is 9.03. The van der Waals surface area contributed by atoms with Gasteiger partial charge in [0, 0.05) is 36.8 Å². The van der Waals surface area contributed by atoms with Crippen molar-refractivity contribution in [2.75, 3.05) is 32.8 Å². The van der Waals surface area contributed by atoms with Crippen molar-refractivity contribution >= 4 is 42.4 Å². The summed E-state index contributed by atoms with van der Waals surface area (Å²) >= 11 is 3.32. The number of benzene rings is 1. The van der Waals surface area contributed by atoms with Crippen molar-refractivity contribution in [2.24, 2.45) is 0 Å². The number of pyridine rings is 2. The number of nitrogens with one attached hydrogen (secondary N) is 1. The number of aryl methyl sites for hydroxylation is 1. The van der Waals surface area contributed by atoms with Crippen LogP contribution < -0.4 is 11.0 Å². The van der Waals surface area contributed by atoms with E-state index in [-0.39, 0.29) is 26.2 Å². The molecule has 1 aliphatic rings. The molecule has 1 N–H and O–H groups in total. The molecule has 35 heavy (non-hydrogen) atoms. The molecule has 1 saturated heterocycles. The van der Waals surface area contributed by atoms with E-state index in [1.54, 1.807) is 41.1 Å². The molecule has 0 spiro atoms. The first-order chi connectivity index (χ1) is 16.9. The van der Waals surface area contributed by atoms with E-state index in [1.165, 1.54) is 22.6 Å². The minimum Gasteiger partial charge on any atom is -0.379 e. The highest BCUT2D eigenvalue weighted by Crippen LogP contribution is 2.22. The Morgan fingerprint density at radius 2 is 1.80 bits per heavy atom. The lowest BCUT2D eigenvalue weighted by molar-refractivity contribution is 0.0369. The second kappa shape index (κ2) is 9.65. The molecular weight excluding hydrogens is 534 g/mol. The average Bonchev–Trinajstić information content (AvgIpc) is 2.86. The molecule has 0 amide bonds. The second-order valence-corrected chi connectivity index (χ2v) is 11.2. The molecule has 5 rings (SSSR count). The molecule has 3 aromatic heterocycles. The van der Waals surface area contributed by atoms with E-state index in [2.05, 4.69) is 25.8 Å². The maximum absolute atomic E-state index is 13.6. The van der Waals surface area contributed by atoms with E-state index >= 15 is 0 Å². The molecule has 9 nitrogen and oxygen atoms in total. The predicted molar refractivity (Wildman–Crippen MR) is 134 cm³/mol. The Balaban J connectivity index is 1.67. The topological polar surface area (TPSA) is 110 Å². The van der Waals surface area contributed by atoms with Crippen molar-refractivity contribution in [3.8, 4) is 0 Å². The predicted octanol–water partition coefficient (Wildman–Crippen LogP) is 2.45. The number of rotatable bonds is 6. The Morgan fingerprint density at radius 3 is 2.54 bits per heavy atom. The van der Waals surface area contributed by atoms with Gasteiger partial charge in [0.05, 0.1) is 23.5 Å². The van der Waals surface area contributed by atoms with Gasteiger partial charge >= 0.3 is 0 Å². The summed E-state index contributed by atoms with van der Waals surface area (Å²) in [6.45, 7) is 4.16. The molecule has 0 radical (unpaired) electrons. The number of fused-ring (bicyclic) bond motifs is 2. The summed E-state index contributed by atoms with van der Waals surface area (Å²) in [7, 11) is -4.05. The highest BCUT2D eigenvalue weighted by molar-refractivity contribution is 9.10. The van der Waals surface area contributed by atoms with Crippen LogP contribution in [0.4, 0.5) is 0 Å². The van der Waals surface area contributed by atoms with E-state index in [9.17, 15) is 13.2 Å². The first-order valence-corrected chi connectivity index (χ1v) is 13.5. The van der Waals surface area contributed by atoms with Crippen molar-refractivity contribution in [1.82, 2.24) is 18.9 Å². The SMILES string of the molecule is N=c1c(S(=O)(=O)c2ccc(Br)cc2)cc2c(=O)n3ccccc3nc2n1CCCN1CCOCC1. The molecule has 11 heteroatoms. The zero-order valence-electron chi connectivity index (χ0n) is 18.9. The largest absolute Gasteiger partial charge is 0.379 e. The van der Waals surface area contributed by atoms with Crippen molar-refractivity contribution < 1.29 is 13.2 Å². The highest BCUT2D eigenvalue weighted by Gasteiger charge is 2.24. The van der Waals surface area contributed by atoms with Crippen LogP contribution in [0.3, 0.4) is 0 Å². The average molecular weight is 558 g/mol. The minimum atomic E-state index is -4.05. The first kappa shape index (κ1) is 23.9. The molecule has 182 valence electrons. The van der Waals surface area contributed by atoms with Gasteiger partial charge in [0.2, 0.25) is 9.84 Å². The Labute approximate surface area is 210 Å². The lowest BCUT2D eigenvalue weighted by atomic mass is 10.3. The van der Waals surface area contributed by atoms with Gasteiger partial charge in [-0.05, 0) is 48.9 Å². The van der Waals surface area contributed by atoms with Crippen LogP contribution in [0.2, 0.25) is 0 Å². The normalized spacial score (nSPS) is 15.1. The quantitative estimate of drug-likeness (QED) is 0.364. The van der Waals surface area contributed by atoms with Crippen LogP contribution >= 0.6 is 15.9 Å². The number of halogens is 1. The van der Waals surface area contributed by atoms with E-state index < -0.39 is 9.84 Å². The summed E-state index contributed by atoms with van der Waals surface area (Å²) < 4.78 is 36.2. The first-order valence-electron chi connectivity index (χ1n) is 11.3. The number of sulfone groups is 1. The van der Waals surface area contributed by atoms with Crippen LogP contribution in [-0.4, -0.2) is 60.1 Å². The molecular formula is C24H24BrN5O4S. The van der Waals surface area contributed by atoms with Gasteiger partial charge in [0.1, 0.15) is 21.7 Å². The fourth-order valence-corrected chi connectivity index (χ4v) is 5.95. The number of nitrogens with zero attached hydrogens (tertiary/aromatic N) is 4. The summed E-state index contributed by atoms with van der Waals surface area (Å²) in [5.41, 5.74) is 0.187. The third-order valence-corrected chi connectivity index (χ3v) is 8.47. The zero-order chi connectivity index (χ0) is 24.6. The van der Waals surface area contributed by atoms with Crippen LogP contribution in [0.5, 0.6) is 0 Å². The number of aromatic nitrogens is 3. The van der Waals surface area contributed by atoms with Gasteiger partial charge in [-0.2, -0.15) is 0 Å². The molecule has 1 fully saturated rings. The monoisotopic (exact) mass is 557 g/mol. The number of ether oxygens (including phenoxy) is 1. The molecule has 4 heterocycles. The summed E-state index contributed by atoms with van der Waals surface area (Å²) in [6.07, 6.45) is 2.27. The summed E-state index contributed by atoms with van der Waals surface area (Å²) in [4.78, 5) is 20.1. The van der Waals surface area contributed by atoms with Gasteiger partial charge in [-0.15, -0.1) is 0 Å². The van der Waals surface area contributed by atoms with Gasteiger partial charge in [-0.1, -0.05) is 22.0 Å². The van der Waals surface area contributed by atoms with E-state index in [4.69, 9.17) is 10.1 Å². The maximum Gasteiger partial charge on any atom is 0.267 e. The molecule has 0 unspecified atom stereocenters. The smallest absolute Gasteiger partial charge is 0.267 e. The Hall–Kier alpha value is -2.86. The van der Waals surface area contributed by atoms with Crippen LogP contribution in [0.25, 0.3) is 16.7 Å². The number of hydrogen-bond acceptors (Lipinski definition) is 7. The Kier molecular flexibility index (Phi) is 6.58. The molecule has 1 aliphatic heterocycles. The van der Waals surface area contributed by atoms with Gasteiger partial charge in [-0.3, -0.25) is 19.5 Å². The van der Waals surface area contributed by atoms with Gasteiger partial charge in [0.15, 0.2) is 0 Å². The fourth-order valence-electron chi connectivity index (χ4n) is 4.30. The lowest BCUT2D eigenvalue weighted by Crippen LogP contribution is -2.37. The number of hydrogen-bond donors (Lipinski definition) is 1. The Morgan fingerprint density at radius 1 is 1.06 bits per heavy atom. The van der Waals surface area contributed by atoms with Crippen LogP contribution in [-0.2, 0) is 21.1 Å². The molecule has 4 aromatic rings. The van der Waals surface area contributed by atoms with Gasteiger partial charge < -0.3 is 9.30 Å². The van der Waals surface area contributed by atoms with Gasteiger partial charge in [-0.25, -0.2) is 13.4 Å². The van der Waals surface area contributed by atoms with Gasteiger partial charge in [0.25, 0.3) is 5.56 Å². The van der Waals surface area contributed by atoms with Crippen LogP contribution in [0.1, 0.15) is 6.42 Å². The Bertz CT molecular complexity index is 1620. The van der Waals surface area contributed by atoms with Crippen LogP contribution in [0, 0.1) is 5.41 Å². The summed E-state index contributed by atoms with van der Waals surface area (Å²) in [5.74, 6) is 0. The summed E-state index contributed by atoms with van der Waals surface area (Å²) in [6, 6.07) is 12.8. The second-order valence-electron chi connectivity index (χ2n) is 8.36. The van der Waals surface area contributed by atoms with Crippen molar-refractivity contribution in [1.29, 1.82) is 5.41 Å². The third kappa shape index (κ3) is 4.56. The fraction of sp³-hybridized carbons (Fsp3) is 0.292. The molecule has 1 aromatic carbocycles. The standard InChI is InChI=1S/C24H24BrN5O4S/c25-17-5-7-18(8-6-17)35(32,33)20-16-19-23(27-21-4-1-2-10-29(21)24(19)31)30(22(20)26)11-3-9-28-12-14-34-15-13-28/h1-2,4-8,10,16,26H,3,9,11-15H2. The van der Waals surface area contributed by atoms with Crippen LogP contribution in [0.15, 0.2) is 73.8 Å². The van der Waals surface area contributed by atoms with Crippen molar-refractivity contribution in [3.05, 3.63) is 75.0 Å². The third-order valence-electron chi connectivity index (χ3n) is 6.16. The molecule has 0 atom stereocenters.